The monoisotopic (exact) mass is 129 g/mol. The lowest BCUT2D eigenvalue weighted by molar-refractivity contribution is 0.321. The van der Waals surface area contributed by atoms with Crippen molar-refractivity contribution in [1.29, 1.82) is 0 Å². The van der Waals surface area contributed by atoms with Gasteiger partial charge in [0.15, 0.2) is 0 Å². The van der Waals surface area contributed by atoms with Crippen molar-refractivity contribution in [1.82, 2.24) is 9.59 Å². The maximum absolute atomic E-state index is 7.94. The number of hydrogen-bond acceptors (Lipinski definition) is 5. The summed E-state index contributed by atoms with van der Waals surface area (Å²) in [7, 11) is 0. The first kappa shape index (κ1) is 5.17. The highest BCUT2D eigenvalue weighted by Crippen LogP contribution is 1.90. The fourth-order valence-electron chi connectivity index (χ4n) is 0.287. The lowest BCUT2D eigenvalue weighted by atomic mass is 10.6. The third-order valence-electron chi connectivity index (χ3n) is 0.567. The Hall–Kier alpha value is -0.970. The van der Waals surface area contributed by atoms with Gasteiger partial charge in [-0.15, -0.1) is 5.10 Å². The van der Waals surface area contributed by atoms with Gasteiger partial charge in [-0.2, -0.15) is 0 Å². The van der Waals surface area contributed by atoms with Gasteiger partial charge < -0.3 is 5.21 Å². The lowest BCUT2D eigenvalue weighted by Crippen LogP contribution is -1.78. The largest absolute Gasteiger partial charge is 0.411 e. The van der Waals surface area contributed by atoms with Gasteiger partial charge in [0.1, 0.15) is 5.69 Å². The van der Waals surface area contributed by atoms with E-state index in [4.69, 9.17) is 5.21 Å². The third kappa shape index (κ3) is 1.00. The molecule has 0 aliphatic carbocycles. The molecule has 0 spiro atoms. The van der Waals surface area contributed by atoms with Crippen LogP contribution in [0.3, 0.4) is 0 Å². The van der Waals surface area contributed by atoms with Crippen molar-refractivity contribution in [2.24, 2.45) is 5.16 Å². The summed E-state index contributed by atoms with van der Waals surface area (Å²) in [5.74, 6) is 0. The van der Waals surface area contributed by atoms with E-state index in [1.807, 2.05) is 0 Å². The standard InChI is InChI=1S/C3H3N3OS/c7-4-1-3-2-8-6-5-3/h1-2,7H. The minimum atomic E-state index is 0.581. The highest BCUT2D eigenvalue weighted by Gasteiger charge is 1.86. The zero-order chi connectivity index (χ0) is 5.82. The smallest absolute Gasteiger partial charge is 0.120 e. The summed E-state index contributed by atoms with van der Waals surface area (Å²) in [6.45, 7) is 0. The average molecular weight is 129 g/mol. The Balaban J connectivity index is 2.77. The summed E-state index contributed by atoms with van der Waals surface area (Å²) < 4.78 is 3.53. The van der Waals surface area contributed by atoms with Gasteiger partial charge in [-0.1, -0.05) is 9.64 Å². The van der Waals surface area contributed by atoms with Crippen molar-refractivity contribution >= 4 is 17.7 Å². The topological polar surface area (TPSA) is 58.4 Å². The Morgan fingerprint density at radius 3 is 3.25 bits per heavy atom. The third-order valence-corrected chi connectivity index (χ3v) is 1.09. The van der Waals surface area contributed by atoms with E-state index in [2.05, 4.69) is 14.7 Å². The maximum Gasteiger partial charge on any atom is 0.120 e. The van der Waals surface area contributed by atoms with Crippen LogP contribution in [0.2, 0.25) is 0 Å². The SMILES string of the molecule is ON=Cc1csnn1. The van der Waals surface area contributed by atoms with Crippen molar-refractivity contribution in [3.8, 4) is 0 Å². The minimum absolute atomic E-state index is 0.581. The van der Waals surface area contributed by atoms with E-state index in [0.717, 1.165) is 0 Å². The summed E-state index contributed by atoms with van der Waals surface area (Å²) >= 11 is 1.22. The fourth-order valence-corrected chi connectivity index (χ4v) is 0.692. The minimum Gasteiger partial charge on any atom is -0.411 e. The molecule has 0 radical (unpaired) electrons. The molecule has 4 nitrogen and oxygen atoms in total. The summed E-state index contributed by atoms with van der Waals surface area (Å²) in [6.07, 6.45) is 1.23. The number of hydrogen-bond donors (Lipinski definition) is 1. The van der Waals surface area contributed by atoms with Crippen LogP contribution in [0.4, 0.5) is 0 Å². The molecule has 8 heavy (non-hydrogen) atoms. The normalized spacial score (nSPS) is 10.5. The quantitative estimate of drug-likeness (QED) is 0.338. The van der Waals surface area contributed by atoms with Crippen LogP contribution in [-0.2, 0) is 0 Å². The van der Waals surface area contributed by atoms with Gasteiger partial charge in [-0.05, 0) is 11.5 Å². The Morgan fingerprint density at radius 1 is 1.88 bits per heavy atom. The first-order valence-corrected chi connectivity index (χ1v) is 2.71. The molecule has 1 heterocycles. The predicted octanol–water partition coefficient (Wildman–Crippen LogP) is 0.346. The Morgan fingerprint density at radius 2 is 2.75 bits per heavy atom. The number of aromatic nitrogens is 2. The second-order valence-electron chi connectivity index (χ2n) is 1.07. The van der Waals surface area contributed by atoms with Gasteiger partial charge in [0, 0.05) is 5.38 Å². The Kier molecular flexibility index (Phi) is 1.53. The number of rotatable bonds is 1. The van der Waals surface area contributed by atoms with Crippen LogP contribution in [0.1, 0.15) is 5.69 Å². The van der Waals surface area contributed by atoms with Crippen LogP contribution >= 0.6 is 11.5 Å². The molecular weight excluding hydrogens is 126 g/mol. The molecule has 0 aromatic carbocycles. The van der Waals surface area contributed by atoms with Crippen LogP contribution in [0.15, 0.2) is 10.5 Å². The molecule has 5 heteroatoms. The molecule has 0 saturated carbocycles. The van der Waals surface area contributed by atoms with Gasteiger partial charge in [0.05, 0.1) is 6.21 Å². The molecule has 1 rings (SSSR count). The molecule has 0 amide bonds. The second kappa shape index (κ2) is 2.37. The molecule has 1 aromatic heterocycles. The van der Waals surface area contributed by atoms with Crippen molar-refractivity contribution < 1.29 is 5.21 Å². The highest BCUT2D eigenvalue weighted by atomic mass is 32.1. The van der Waals surface area contributed by atoms with Crippen LogP contribution in [0.25, 0.3) is 0 Å². The van der Waals surface area contributed by atoms with Gasteiger partial charge in [-0.3, -0.25) is 0 Å². The maximum atomic E-state index is 7.94. The number of nitrogens with zero attached hydrogens (tertiary/aromatic N) is 3. The molecule has 1 aromatic rings. The molecule has 1 N–H and O–H groups in total. The summed E-state index contributed by atoms with van der Waals surface area (Å²) in [5.41, 5.74) is 0.581. The second-order valence-corrected chi connectivity index (χ2v) is 1.68. The fraction of sp³-hybridized carbons (Fsp3) is 0. The van der Waals surface area contributed by atoms with E-state index in [-0.39, 0.29) is 0 Å². The molecule has 0 aliphatic rings. The van der Waals surface area contributed by atoms with E-state index in [1.54, 1.807) is 5.38 Å². The van der Waals surface area contributed by atoms with Crippen LogP contribution in [-0.4, -0.2) is 21.0 Å². The average Bonchev–Trinajstić information content (AvgIpc) is 2.19. The Bertz CT molecular complexity index is 171. The van der Waals surface area contributed by atoms with Crippen LogP contribution < -0.4 is 0 Å². The summed E-state index contributed by atoms with van der Waals surface area (Å²) in [5, 5.41) is 15.9. The first-order chi connectivity index (χ1) is 3.93. The molecule has 42 valence electrons. The van der Waals surface area contributed by atoms with Gasteiger partial charge in [0.2, 0.25) is 0 Å². The molecular formula is C3H3N3OS. The molecule has 0 atom stereocenters. The summed E-state index contributed by atoms with van der Waals surface area (Å²) in [6, 6.07) is 0. The molecule has 0 saturated heterocycles. The van der Waals surface area contributed by atoms with Gasteiger partial charge in [-0.25, -0.2) is 0 Å². The molecule has 0 aliphatic heterocycles. The Labute approximate surface area is 49.6 Å². The van der Waals surface area contributed by atoms with Gasteiger partial charge in [0.25, 0.3) is 0 Å². The zero-order valence-corrected chi connectivity index (χ0v) is 4.67. The molecule has 0 fully saturated rings. The van der Waals surface area contributed by atoms with Crippen LogP contribution in [0.5, 0.6) is 0 Å². The van der Waals surface area contributed by atoms with E-state index in [0.29, 0.717) is 5.69 Å². The van der Waals surface area contributed by atoms with E-state index in [1.165, 1.54) is 17.7 Å². The predicted molar refractivity (Wildman–Crippen MR) is 29.3 cm³/mol. The van der Waals surface area contributed by atoms with Crippen molar-refractivity contribution in [3.63, 3.8) is 0 Å². The highest BCUT2D eigenvalue weighted by molar-refractivity contribution is 7.03. The zero-order valence-electron chi connectivity index (χ0n) is 3.85. The summed E-state index contributed by atoms with van der Waals surface area (Å²) in [4.78, 5) is 0. The van der Waals surface area contributed by atoms with Crippen molar-refractivity contribution in [3.05, 3.63) is 11.1 Å². The van der Waals surface area contributed by atoms with Crippen molar-refractivity contribution in [2.75, 3.05) is 0 Å². The van der Waals surface area contributed by atoms with Crippen molar-refractivity contribution in [2.45, 2.75) is 0 Å². The van der Waals surface area contributed by atoms with E-state index >= 15 is 0 Å². The van der Waals surface area contributed by atoms with Crippen LogP contribution in [0, 0.1) is 0 Å². The molecule has 0 unspecified atom stereocenters. The molecule has 0 bridgehead atoms. The first-order valence-electron chi connectivity index (χ1n) is 1.88. The lowest BCUT2D eigenvalue weighted by Gasteiger charge is -1.70. The van der Waals surface area contributed by atoms with E-state index < -0.39 is 0 Å². The van der Waals surface area contributed by atoms with Gasteiger partial charge >= 0.3 is 0 Å². The van der Waals surface area contributed by atoms with E-state index in [9.17, 15) is 0 Å². The number of oxime groups is 1.